The molecule has 1 heterocycles. The van der Waals surface area contributed by atoms with Crippen molar-refractivity contribution in [3.63, 3.8) is 0 Å². The number of hydrogen-bond acceptors (Lipinski definition) is 3. The Morgan fingerprint density at radius 3 is 2.50 bits per heavy atom. The van der Waals surface area contributed by atoms with E-state index in [9.17, 15) is 9.59 Å². The lowest BCUT2D eigenvalue weighted by Gasteiger charge is -2.06. The number of benzene rings is 2. The van der Waals surface area contributed by atoms with E-state index in [1.165, 1.54) is 7.11 Å². The highest BCUT2D eigenvalue weighted by atomic mass is 16.5. The van der Waals surface area contributed by atoms with E-state index < -0.39 is 5.97 Å². The highest BCUT2D eigenvalue weighted by Gasteiger charge is 2.12. The van der Waals surface area contributed by atoms with Crippen LogP contribution in [-0.2, 0) is 16.0 Å². The first kappa shape index (κ1) is 15.8. The molecule has 0 unspecified atom stereocenters. The molecule has 0 aliphatic rings. The zero-order chi connectivity index (χ0) is 17.1. The number of esters is 1. The molecule has 2 aromatic carbocycles. The number of para-hydroxylation sites is 1. The van der Waals surface area contributed by atoms with Crippen LogP contribution in [-0.4, -0.2) is 24.0 Å². The Labute approximate surface area is 139 Å². The second kappa shape index (κ2) is 6.58. The van der Waals surface area contributed by atoms with Crippen molar-refractivity contribution in [2.45, 2.75) is 13.3 Å². The van der Waals surface area contributed by atoms with Crippen LogP contribution in [0.15, 0.2) is 48.5 Å². The molecule has 0 fully saturated rings. The molecule has 122 valence electrons. The molecule has 0 atom stereocenters. The van der Waals surface area contributed by atoms with Crippen LogP contribution in [0.5, 0.6) is 0 Å². The fourth-order valence-corrected chi connectivity index (χ4v) is 2.74. The number of H-pyrrole nitrogens is 1. The molecule has 1 amide bonds. The van der Waals surface area contributed by atoms with Crippen LogP contribution in [0.1, 0.15) is 21.6 Å². The van der Waals surface area contributed by atoms with E-state index in [0.29, 0.717) is 11.3 Å². The number of nitrogens with one attached hydrogen (secondary N) is 2. The summed E-state index contributed by atoms with van der Waals surface area (Å²) >= 11 is 0. The first-order chi connectivity index (χ1) is 11.6. The number of hydrogen-bond donors (Lipinski definition) is 2. The fourth-order valence-electron chi connectivity index (χ4n) is 2.74. The number of carbonyl (C=O) groups excluding carboxylic acids is 2. The maximum atomic E-state index is 12.3. The van der Waals surface area contributed by atoms with Crippen molar-refractivity contribution < 1.29 is 14.3 Å². The summed E-state index contributed by atoms with van der Waals surface area (Å²) in [6.07, 6.45) is 0.286. The van der Waals surface area contributed by atoms with E-state index in [0.717, 1.165) is 22.2 Å². The third kappa shape index (κ3) is 3.15. The highest BCUT2D eigenvalue weighted by molar-refractivity contribution is 5.97. The van der Waals surface area contributed by atoms with Crippen LogP contribution in [0.3, 0.4) is 0 Å². The normalized spacial score (nSPS) is 10.6. The summed E-state index contributed by atoms with van der Waals surface area (Å²) in [5.74, 6) is -0.504. The molecule has 0 spiro atoms. The average molecular weight is 322 g/mol. The zero-order valence-electron chi connectivity index (χ0n) is 13.6. The molecular formula is C19H18N2O3. The second-order valence-corrected chi connectivity index (χ2v) is 5.57. The number of aryl methyl sites for hydroxylation is 1. The molecule has 1 aromatic heterocycles. The Balaban J connectivity index is 1.73. The number of anilines is 1. The van der Waals surface area contributed by atoms with Crippen LogP contribution in [0, 0.1) is 6.92 Å². The molecule has 2 N–H and O–H groups in total. The molecule has 0 saturated heterocycles. The van der Waals surface area contributed by atoms with Gasteiger partial charge in [-0.15, -0.1) is 0 Å². The molecule has 24 heavy (non-hydrogen) atoms. The number of fused-ring (bicyclic) bond motifs is 1. The third-order valence-corrected chi connectivity index (χ3v) is 3.95. The van der Waals surface area contributed by atoms with Crippen LogP contribution in [0.25, 0.3) is 10.9 Å². The third-order valence-electron chi connectivity index (χ3n) is 3.95. The van der Waals surface area contributed by atoms with Crippen molar-refractivity contribution in [1.29, 1.82) is 0 Å². The van der Waals surface area contributed by atoms with Gasteiger partial charge in [-0.3, -0.25) is 4.79 Å². The summed E-state index contributed by atoms with van der Waals surface area (Å²) in [5, 5.41) is 3.91. The largest absolute Gasteiger partial charge is 0.465 e. The minimum absolute atomic E-state index is 0.103. The van der Waals surface area contributed by atoms with Gasteiger partial charge in [-0.05, 0) is 42.8 Å². The quantitative estimate of drug-likeness (QED) is 0.723. The zero-order valence-corrected chi connectivity index (χ0v) is 13.6. The number of ether oxygens (including phenoxy) is 1. The smallest absolute Gasteiger partial charge is 0.337 e. The molecule has 0 aliphatic heterocycles. The summed E-state index contributed by atoms with van der Waals surface area (Å²) in [7, 11) is 1.33. The first-order valence-electron chi connectivity index (χ1n) is 7.63. The maximum absolute atomic E-state index is 12.3. The van der Waals surface area contributed by atoms with Gasteiger partial charge in [-0.2, -0.15) is 0 Å². The number of methoxy groups -OCH3 is 1. The number of aromatic amines is 1. The van der Waals surface area contributed by atoms with Crippen molar-refractivity contribution in [1.82, 2.24) is 4.98 Å². The molecule has 0 saturated carbocycles. The Morgan fingerprint density at radius 1 is 1.08 bits per heavy atom. The number of carbonyl (C=O) groups is 2. The van der Waals surface area contributed by atoms with Crippen molar-refractivity contribution in [2.75, 3.05) is 12.4 Å². The van der Waals surface area contributed by atoms with Gasteiger partial charge >= 0.3 is 5.97 Å². The fraction of sp³-hybridized carbons (Fsp3) is 0.158. The Hall–Kier alpha value is -3.08. The molecule has 0 radical (unpaired) electrons. The predicted octanol–water partition coefficient (Wildman–Crippen LogP) is 3.44. The van der Waals surface area contributed by atoms with Gasteiger partial charge < -0.3 is 15.0 Å². The summed E-state index contributed by atoms with van der Waals surface area (Å²) in [5.41, 5.74) is 4.11. The van der Waals surface area contributed by atoms with E-state index in [1.54, 1.807) is 24.3 Å². The highest BCUT2D eigenvalue weighted by Crippen LogP contribution is 2.22. The molecule has 3 aromatic rings. The van der Waals surface area contributed by atoms with Crippen molar-refractivity contribution in [3.05, 3.63) is 65.4 Å². The van der Waals surface area contributed by atoms with Gasteiger partial charge in [0.05, 0.1) is 19.1 Å². The minimum atomic E-state index is -0.401. The first-order valence-corrected chi connectivity index (χ1v) is 7.63. The number of rotatable bonds is 4. The molecule has 3 rings (SSSR count). The summed E-state index contributed by atoms with van der Waals surface area (Å²) in [6, 6.07) is 14.5. The van der Waals surface area contributed by atoms with Crippen molar-refractivity contribution >= 4 is 28.5 Å². The monoisotopic (exact) mass is 322 g/mol. The Bertz CT molecular complexity index is 895. The second-order valence-electron chi connectivity index (χ2n) is 5.57. The predicted molar refractivity (Wildman–Crippen MR) is 93.2 cm³/mol. The lowest BCUT2D eigenvalue weighted by atomic mass is 10.1. The number of aromatic nitrogens is 1. The molecule has 0 bridgehead atoms. The van der Waals surface area contributed by atoms with E-state index in [-0.39, 0.29) is 12.3 Å². The molecule has 5 nitrogen and oxygen atoms in total. The van der Waals surface area contributed by atoms with Crippen LogP contribution in [0.2, 0.25) is 0 Å². The topological polar surface area (TPSA) is 71.2 Å². The SMILES string of the molecule is COC(=O)c1ccc(NC(=O)Cc2c(C)[nH]c3ccccc23)cc1. The van der Waals surface area contributed by atoms with Gasteiger partial charge in [-0.25, -0.2) is 4.79 Å². The van der Waals surface area contributed by atoms with Gasteiger partial charge in [-0.1, -0.05) is 18.2 Å². The molecular weight excluding hydrogens is 304 g/mol. The average Bonchev–Trinajstić information content (AvgIpc) is 2.90. The number of amides is 1. The Kier molecular flexibility index (Phi) is 4.33. The minimum Gasteiger partial charge on any atom is -0.465 e. The van der Waals surface area contributed by atoms with Gasteiger partial charge in [0.2, 0.25) is 5.91 Å². The van der Waals surface area contributed by atoms with Crippen molar-refractivity contribution in [3.8, 4) is 0 Å². The van der Waals surface area contributed by atoms with Gasteiger partial charge in [0.15, 0.2) is 0 Å². The summed E-state index contributed by atoms with van der Waals surface area (Å²) in [6.45, 7) is 1.97. The van der Waals surface area contributed by atoms with E-state index in [4.69, 9.17) is 0 Å². The molecule has 0 aliphatic carbocycles. The van der Waals surface area contributed by atoms with E-state index in [2.05, 4.69) is 15.0 Å². The van der Waals surface area contributed by atoms with E-state index in [1.807, 2.05) is 31.2 Å². The van der Waals surface area contributed by atoms with Crippen molar-refractivity contribution in [2.24, 2.45) is 0 Å². The lowest BCUT2D eigenvalue weighted by molar-refractivity contribution is -0.115. The van der Waals surface area contributed by atoms with Gasteiger partial charge in [0.25, 0.3) is 0 Å². The standard InChI is InChI=1S/C19H18N2O3/c1-12-16(15-5-3-4-6-17(15)20-12)11-18(22)21-14-9-7-13(8-10-14)19(23)24-2/h3-10,20H,11H2,1-2H3,(H,21,22). The van der Waals surface area contributed by atoms with E-state index >= 15 is 0 Å². The van der Waals surface area contributed by atoms with Gasteiger partial charge in [0, 0.05) is 22.3 Å². The van der Waals surface area contributed by atoms with Crippen LogP contribution in [0.4, 0.5) is 5.69 Å². The van der Waals surface area contributed by atoms with Crippen LogP contribution >= 0.6 is 0 Å². The summed E-state index contributed by atoms with van der Waals surface area (Å²) in [4.78, 5) is 27.0. The van der Waals surface area contributed by atoms with Gasteiger partial charge in [0.1, 0.15) is 0 Å². The summed E-state index contributed by atoms with van der Waals surface area (Å²) < 4.78 is 4.65. The molecule has 5 heteroatoms. The Morgan fingerprint density at radius 2 is 1.79 bits per heavy atom. The van der Waals surface area contributed by atoms with Crippen LogP contribution < -0.4 is 5.32 Å². The lowest BCUT2D eigenvalue weighted by Crippen LogP contribution is -2.15. The maximum Gasteiger partial charge on any atom is 0.337 e.